The standard InChI is InChI=1S/C18H21N3O3/c1-24-18-4-2-3-16(19-18)14-5-6-17(23)15(11-14)12-20-7-9-21(13-22)10-8-20/h2-6,11,13,23H,7-10,12H2,1H3. The summed E-state index contributed by atoms with van der Waals surface area (Å²) in [6.07, 6.45) is 0.893. The predicted octanol–water partition coefficient (Wildman–Crippen LogP) is 1.74. The molecule has 1 aliphatic rings. The number of phenols is 1. The van der Waals surface area contributed by atoms with Crippen molar-refractivity contribution in [1.82, 2.24) is 14.8 Å². The van der Waals surface area contributed by atoms with Gasteiger partial charge in [0.25, 0.3) is 0 Å². The molecule has 2 aromatic rings. The number of rotatable bonds is 5. The molecule has 2 heterocycles. The summed E-state index contributed by atoms with van der Waals surface area (Å²) in [6, 6.07) is 11.1. The van der Waals surface area contributed by atoms with Crippen molar-refractivity contribution < 1.29 is 14.6 Å². The maximum Gasteiger partial charge on any atom is 0.213 e. The molecule has 1 saturated heterocycles. The van der Waals surface area contributed by atoms with Crippen molar-refractivity contribution in [2.75, 3.05) is 33.3 Å². The number of carbonyl (C=O) groups is 1. The summed E-state index contributed by atoms with van der Waals surface area (Å²) in [5.74, 6) is 0.839. The van der Waals surface area contributed by atoms with Crippen LogP contribution in [0.15, 0.2) is 36.4 Å². The van der Waals surface area contributed by atoms with Gasteiger partial charge in [-0.2, -0.15) is 0 Å². The minimum absolute atomic E-state index is 0.277. The summed E-state index contributed by atoms with van der Waals surface area (Å²) in [6.45, 7) is 3.71. The lowest BCUT2D eigenvalue weighted by molar-refractivity contribution is -0.119. The third kappa shape index (κ3) is 3.65. The molecule has 1 fully saturated rings. The molecule has 1 aliphatic heterocycles. The van der Waals surface area contributed by atoms with Crippen LogP contribution in [0.25, 0.3) is 11.3 Å². The van der Waals surface area contributed by atoms with E-state index >= 15 is 0 Å². The Bertz CT molecular complexity index is 712. The number of pyridine rings is 1. The smallest absolute Gasteiger partial charge is 0.213 e. The minimum Gasteiger partial charge on any atom is -0.508 e. The largest absolute Gasteiger partial charge is 0.508 e. The Kier molecular flexibility index (Phi) is 4.96. The molecular formula is C18H21N3O3. The molecule has 6 heteroatoms. The molecule has 24 heavy (non-hydrogen) atoms. The Morgan fingerprint density at radius 1 is 1.21 bits per heavy atom. The van der Waals surface area contributed by atoms with Crippen LogP contribution in [0.1, 0.15) is 5.56 Å². The lowest BCUT2D eigenvalue weighted by Gasteiger charge is -2.32. The quantitative estimate of drug-likeness (QED) is 0.848. The van der Waals surface area contributed by atoms with Crippen molar-refractivity contribution in [3.05, 3.63) is 42.0 Å². The van der Waals surface area contributed by atoms with Crippen molar-refractivity contribution in [3.63, 3.8) is 0 Å². The summed E-state index contributed by atoms with van der Waals surface area (Å²) >= 11 is 0. The van der Waals surface area contributed by atoms with E-state index in [1.807, 2.05) is 24.3 Å². The summed E-state index contributed by atoms with van der Waals surface area (Å²) in [5.41, 5.74) is 2.60. The van der Waals surface area contributed by atoms with Gasteiger partial charge in [0.2, 0.25) is 12.3 Å². The highest BCUT2D eigenvalue weighted by Crippen LogP contribution is 2.27. The molecule has 6 nitrogen and oxygen atoms in total. The van der Waals surface area contributed by atoms with Crippen LogP contribution in [0.4, 0.5) is 0 Å². The Hall–Kier alpha value is -2.60. The summed E-state index contributed by atoms with van der Waals surface area (Å²) < 4.78 is 5.17. The highest BCUT2D eigenvalue weighted by atomic mass is 16.5. The van der Waals surface area contributed by atoms with E-state index in [4.69, 9.17) is 4.74 Å². The normalized spacial score (nSPS) is 15.3. The number of phenolic OH excluding ortho intramolecular Hbond substituents is 1. The van der Waals surface area contributed by atoms with E-state index < -0.39 is 0 Å². The molecule has 3 rings (SSSR count). The van der Waals surface area contributed by atoms with Gasteiger partial charge in [0.1, 0.15) is 5.75 Å². The average molecular weight is 327 g/mol. The van der Waals surface area contributed by atoms with Gasteiger partial charge in [-0.05, 0) is 24.3 Å². The molecule has 0 radical (unpaired) electrons. The number of amides is 1. The third-order valence-corrected chi connectivity index (χ3v) is 4.26. The minimum atomic E-state index is 0.277. The summed E-state index contributed by atoms with van der Waals surface area (Å²) in [4.78, 5) is 19.2. The number of hydrogen-bond acceptors (Lipinski definition) is 5. The number of piperazine rings is 1. The van der Waals surface area contributed by atoms with E-state index in [9.17, 15) is 9.90 Å². The van der Waals surface area contributed by atoms with Crippen LogP contribution in [-0.4, -0.2) is 59.6 Å². The maximum absolute atomic E-state index is 10.8. The molecule has 0 saturated carbocycles. The van der Waals surface area contributed by atoms with Crippen LogP contribution >= 0.6 is 0 Å². The van der Waals surface area contributed by atoms with Crippen LogP contribution in [0.5, 0.6) is 11.6 Å². The zero-order valence-corrected chi connectivity index (χ0v) is 13.7. The van der Waals surface area contributed by atoms with Gasteiger partial charge >= 0.3 is 0 Å². The van der Waals surface area contributed by atoms with Gasteiger partial charge < -0.3 is 14.7 Å². The Morgan fingerprint density at radius 2 is 2.00 bits per heavy atom. The lowest BCUT2D eigenvalue weighted by Crippen LogP contribution is -2.45. The molecule has 1 aromatic carbocycles. The van der Waals surface area contributed by atoms with E-state index in [2.05, 4.69) is 9.88 Å². The molecule has 1 aromatic heterocycles. The number of aromatic hydroxyl groups is 1. The molecule has 126 valence electrons. The van der Waals surface area contributed by atoms with Gasteiger partial charge in [0, 0.05) is 49.9 Å². The van der Waals surface area contributed by atoms with Gasteiger partial charge in [-0.15, -0.1) is 0 Å². The maximum atomic E-state index is 10.8. The highest BCUT2D eigenvalue weighted by molar-refractivity contribution is 5.62. The number of hydrogen-bond donors (Lipinski definition) is 1. The Balaban J connectivity index is 1.78. The van der Waals surface area contributed by atoms with Crippen LogP contribution in [0.2, 0.25) is 0 Å². The molecule has 0 atom stereocenters. The van der Waals surface area contributed by atoms with Gasteiger partial charge in [-0.3, -0.25) is 9.69 Å². The second kappa shape index (κ2) is 7.31. The van der Waals surface area contributed by atoms with E-state index in [1.165, 1.54) is 0 Å². The fourth-order valence-electron chi connectivity index (χ4n) is 2.83. The van der Waals surface area contributed by atoms with Crippen molar-refractivity contribution in [1.29, 1.82) is 0 Å². The van der Waals surface area contributed by atoms with E-state index in [1.54, 1.807) is 24.1 Å². The molecule has 1 amide bonds. The highest BCUT2D eigenvalue weighted by Gasteiger charge is 2.17. The Morgan fingerprint density at radius 3 is 2.71 bits per heavy atom. The monoisotopic (exact) mass is 327 g/mol. The first kappa shape index (κ1) is 16.3. The number of aromatic nitrogens is 1. The first-order valence-corrected chi connectivity index (χ1v) is 7.94. The van der Waals surface area contributed by atoms with Crippen molar-refractivity contribution in [2.45, 2.75) is 6.54 Å². The van der Waals surface area contributed by atoms with Gasteiger partial charge in [0.05, 0.1) is 12.8 Å². The molecule has 0 unspecified atom stereocenters. The van der Waals surface area contributed by atoms with Gasteiger partial charge in [-0.1, -0.05) is 6.07 Å². The van der Waals surface area contributed by atoms with E-state index in [0.29, 0.717) is 12.4 Å². The van der Waals surface area contributed by atoms with Crippen LogP contribution < -0.4 is 4.74 Å². The number of benzene rings is 1. The second-order valence-corrected chi connectivity index (χ2v) is 5.83. The average Bonchev–Trinajstić information content (AvgIpc) is 2.64. The Labute approximate surface area is 141 Å². The number of ether oxygens (including phenoxy) is 1. The van der Waals surface area contributed by atoms with Crippen molar-refractivity contribution in [2.24, 2.45) is 0 Å². The number of nitrogens with zero attached hydrogens (tertiary/aromatic N) is 3. The van der Waals surface area contributed by atoms with E-state index in [0.717, 1.165) is 49.4 Å². The van der Waals surface area contributed by atoms with Crippen molar-refractivity contribution in [3.8, 4) is 22.9 Å². The predicted molar refractivity (Wildman–Crippen MR) is 90.8 cm³/mol. The SMILES string of the molecule is COc1cccc(-c2ccc(O)c(CN3CCN(C=O)CC3)c2)n1. The zero-order chi connectivity index (χ0) is 16.9. The molecule has 0 aliphatic carbocycles. The number of methoxy groups -OCH3 is 1. The molecule has 0 spiro atoms. The fraction of sp³-hybridized carbons (Fsp3) is 0.333. The first-order chi connectivity index (χ1) is 11.7. The first-order valence-electron chi connectivity index (χ1n) is 7.94. The third-order valence-electron chi connectivity index (χ3n) is 4.26. The van der Waals surface area contributed by atoms with Crippen LogP contribution in [0.3, 0.4) is 0 Å². The topological polar surface area (TPSA) is 65.9 Å². The van der Waals surface area contributed by atoms with E-state index in [-0.39, 0.29) is 5.75 Å². The summed E-state index contributed by atoms with van der Waals surface area (Å²) in [5, 5.41) is 10.2. The zero-order valence-electron chi connectivity index (χ0n) is 13.7. The number of carbonyl (C=O) groups excluding carboxylic acids is 1. The summed E-state index contributed by atoms with van der Waals surface area (Å²) in [7, 11) is 1.59. The fourth-order valence-corrected chi connectivity index (χ4v) is 2.83. The van der Waals surface area contributed by atoms with Gasteiger partial charge in [0.15, 0.2) is 0 Å². The van der Waals surface area contributed by atoms with Crippen molar-refractivity contribution >= 4 is 6.41 Å². The van der Waals surface area contributed by atoms with Crippen LogP contribution in [0, 0.1) is 0 Å². The lowest BCUT2D eigenvalue weighted by atomic mass is 10.1. The second-order valence-electron chi connectivity index (χ2n) is 5.83. The molecule has 0 bridgehead atoms. The molecular weight excluding hydrogens is 306 g/mol. The van der Waals surface area contributed by atoms with Gasteiger partial charge in [-0.25, -0.2) is 4.98 Å². The molecule has 1 N–H and O–H groups in total. The van der Waals surface area contributed by atoms with Crippen LogP contribution in [-0.2, 0) is 11.3 Å².